The van der Waals surface area contributed by atoms with Crippen LogP contribution in [0.2, 0.25) is 9.36 Å². The van der Waals surface area contributed by atoms with E-state index in [4.69, 9.17) is 27.9 Å². The van der Waals surface area contributed by atoms with Crippen molar-refractivity contribution in [3.63, 3.8) is 0 Å². The van der Waals surface area contributed by atoms with Gasteiger partial charge >= 0.3 is 5.97 Å². The summed E-state index contributed by atoms with van der Waals surface area (Å²) in [6.45, 7) is 1.32. The number of hydrogen-bond acceptors (Lipinski definition) is 4. The second-order valence-corrected chi connectivity index (χ2v) is 6.95. The molecule has 0 spiro atoms. The average molecular weight is 359 g/mol. The molecule has 2 aromatic rings. The maximum Gasteiger partial charge on any atom is 0.342 e. The van der Waals surface area contributed by atoms with Crippen LogP contribution in [0.1, 0.15) is 17.4 Å². The quantitative estimate of drug-likeness (QED) is 0.810. The van der Waals surface area contributed by atoms with Gasteiger partial charge in [0.2, 0.25) is 5.79 Å². The lowest BCUT2D eigenvalue weighted by atomic mass is 9.96. The van der Waals surface area contributed by atoms with Gasteiger partial charge in [-0.05, 0) is 24.3 Å². The molecule has 1 aliphatic heterocycles. The molecule has 114 valence electrons. The van der Waals surface area contributed by atoms with Crippen LogP contribution < -0.4 is 0 Å². The molecule has 0 saturated carbocycles. The zero-order valence-electron chi connectivity index (χ0n) is 11.2. The summed E-state index contributed by atoms with van der Waals surface area (Å²) in [4.78, 5) is 12.7. The number of ether oxygens (including phenoxy) is 1. The lowest BCUT2D eigenvalue weighted by Gasteiger charge is -2.18. The molecule has 0 aliphatic carbocycles. The first-order valence-corrected chi connectivity index (χ1v) is 7.79. The Morgan fingerprint density at radius 3 is 2.59 bits per heavy atom. The van der Waals surface area contributed by atoms with Gasteiger partial charge < -0.3 is 9.84 Å². The number of esters is 1. The fourth-order valence-electron chi connectivity index (χ4n) is 2.38. The SMILES string of the molecule is CC1(O)OC(=O)C(c2c(F)cccc2Cl)=C1c1ccc(Cl)s1. The van der Waals surface area contributed by atoms with Crippen LogP contribution in [0.25, 0.3) is 11.1 Å². The standard InChI is InChI=1S/C15H9Cl2FO3S/c1-15(20)13(9-5-6-10(17)22-9)12(14(19)21-15)11-7(16)3-2-4-8(11)18/h2-6,20H,1H3. The number of hydrogen-bond donors (Lipinski definition) is 1. The van der Waals surface area contributed by atoms with Gasteiger partial charge in [0, 0.05) is 17.4 Å². The summed E-state index contributed by atoms with van der Waals surface area (Å²) >= 11 is 13.1. The van der Waals surface area contributed by atoms with Crippen LogP contribution >= 0.6 is 34.5 Å². The van der Waals surface area contributed by atoms with E-state index in [0.717, 1.165) is 11.3 Å². The predicted molar refractivity (Wildman–Crippen MR) is 84.3 cm³/mol. The highest BCUT2D eigenvalue weighted by molar-refractivity contribution is 7.17. The summed E-state index contributed by atoms with van der Waals surface area (Å²) in [7, 11) is 0. The molecule has 22 heavy (non-hydrogen) atoms. The minimum absolute atomic E-state index is 0.0600. The Balaban J connectivity index is 2.35. The minimum atomic E-state index is -1.88. The first kappa shape index (κ1) is 15.5. The zero-order chi connectivity index (χ0) is 16.1. The van der Waals surface area contributed by atoms with E-state index in [2.05, 4.69) is 0 Å². The van der Waals surface area contributed by atoms with E-state index in [-0.39, 0.29) is 21.7 Å². The highest BCUT2D eigenvalue weighted by Gasteiger charge is 2.45. The normalized spacial score (nSPS) is 21.4. The molecule has 7 heteroatoms. The Kier molecular flexibility index (Phi) is 3.77. The van der Waals surface area contributed by atoms with Crippen molar-refractivity contribution in [2.75, 3.05) is 0 Å². The molecule has 2 heterocycles. The summed E-state index contributed by atoms with van der Waals surface area (Å²) in [6.07, 6.45) is 0. The largest absolute Gasteiger partial charge is 0.425 e. The van der Waals surface area contributed by atoms with Gasteiger partial charge in [-0.2, -0.15) is 0 Å². The first-order valence-electron chi connectivity index (χ1n) is 6.22. The van der Waals surface area contributed by atoms with Crippen LogP contribution in [0, 0.1) is 5.82 Å². The topological polar surface area (TPSA) is 46.5 Å². The second-order valence-electron chi connectivity index (χ2n) is 4.82. The van der Waals surface area contributed by atoms with Crippen molar-refractivity contribution in [2.45, 2.75) is 12.7 Å². The third-order valence-corrected chi connectivity index (χ3v) is 4.81. The summed E-state index contributed by atoms with van der Waals surface area (Å²) in [5, 5.41) is 10.5. The maximum absolute atomic E-state index is 14.2. The van der Waals surface area contributed by atoms with Crippen LogP contribution in [0.4, 0.5) is 4.39 Å². The number of thiophene rings is 1. The summed E-state index contributed by atoms with van der Waals surface area (Å²) in [5.74, 6) is -3.39. The highest BCUT2D eigenvalue weighted by Crippen LogP contribution is 2.46. The van der Waals surface area contributed by atoms with Crippen LogP contribution in [0.15, 0.2) is 30.3 Å². The molecular formula is C15H9Cl2FO3S. The van der Waals surface area contributed by atoms with Crippen molar-refractivity contribution in [1.82, 2.24) is 0 Å². The zero-order valence-corrected chi connectivity index (χ0v) is 13.5. The van der Waals surface area contributed by atoms with E-state index >= 15 is 0 Å². The minimum Gasteiger partial charge on any atom is -0.425 e. The Bertz CT molecular complexity index is 791. The van der Waals surface area contributed by atoms with E-state index in [9.17, 15) is 14.3 Å². The number of cyclic esters (lactones) is 1. The third kappa shape index (κ3) is 2.44. The molecule has 0 amide bonds. The molecule has 1 atom stereocenters. The Labute approximate surface area is 139 Å². The van der Waals surface area contributed by atoms with Gasteiger partial charge in [-0.15, -0.1) is 11.3 Å². The lowest BCUT2D eigenvalue weighted by molar-refractivity contribution is -0.169. The lowest BCUT2D eigenvalue weighted by Crippen LogP contribution is -2.25. The fourth-order valence-corrected chi connectivity index (χ4v) is 3.83. The number of halogens is 3. The molecule has 1 unspecified atom stereocenters. The number of benzene rings is 1. The maximum atomic E-state index is 14.2. The van der Waals surface area contributed by atoms with Crippen molar-refractivity contribution < 1.29 is 19.0 Å². The number of rotatable bonds is 2. The number of aliphatic hydroxyl groups is 1. The fraction of sp³-hybridized carbons (Fsp3) is 0.133. The van der Waals surface area contributed by atoms with E-state index in [1.165, 1.54) is 25.1 Å². The van der Waals surface area contributed by atoms with Gasteiger partial charge in [0.25, 0.3) is 0 Å². The van der Waals surface area contributed by atoms with Gasteiger partial charge in [-0.3, -0.25) is 0 Å². The Hall–Kier alpha value is -1.40. The second kappa shape index (κ2) is 5.35. The molecule has 1 N–H and O–H groups in total. The van der Waals surface area contributed by atoms with E-state index < -0.39 is 17.6 Å². The molecule has 1 aliphatic rings. The Morgan fingerprint density at radius 2 is 2.00 bits per heavy atom. The van der Waals surface area contributed by atoms with E-state index in [1.807, 2.05) is 0 Å². The molecule has 0 radical (unpaired) electrons. The summed E-state index contributed by atoms with van der Waals surface area (Å²) < 4.78 is 19.6. The highest BCUT2D eigenvalue weighted by atomic mass is 35.5. The van der Waals surface area contributed by atoms with Gasteiger partial charge in [0.1, 0.15) is 5.82 Å². The average Bonchev–Trinajstić information content (AvgIpc) is 2.91. The van der Waals surface area contributed by atoms with Crippen LogP contribution in [-0.2, 0) is 9.53 Å². The molecule has 1 aromatic heterocycles. The van der Waals surface area contributed by atoms with Crippen molar-refractivity contribution in [1.29, 1.82) is 0 Å². The predicted octanol–water partition coefficient (Wildman–Crippen LogP) is 4.37. The van der Waals surface area contributed by atoms with Crippen molar-refractivity contribution in [2.24, 2.45) is 0 Å². The summed E-state index contributed by atoms with van der Waals surface area (Å²) in [6, 6.07) is 7.34. The molecule has 3 rings (SSSR count). The van der Waals surface area contributed by atoms with Gasteiger partial charge in [0.15, 0.2) is 0 Å². The first-order chi connectivity index (χ1) is 10.3. The molecule has 3 nitrogen and oxygen atoms in total. The molecule has 0 saturated heterocycles. The molecule has 0 fully saturated rings. The molecule has 0 bridgehead atoms. The van der Waals surface area contributed by atoms with Gasteiger partial charge in [0.05, 0.1) is 20.5 Å². The van der Waals surface area contributed by atoms with Crippen LogP contribution in [-0.4, -0.2) is 16.9 Å². The number of carbonyl (C=O) groups excluding carboxylic acids is 1. The Morgan fingerprint density at radius 1 is 1.27 bits per heavy atom. The van der Waals surface area contributed by atoms with Gasteiger partial charge in [-0.25, -0.2) is 9.18 Å². The molecule has 1 aromatic carbocycles. The van der Waals surface area contributed by atoms with E-state index in [0.29, 0.717) is 9.21 Å². The van der Waals surface area contributed by atoms with E-state index in [1.54, 1.807) is 12.1 Å². The molecular weight excluding hydrogens is 350 g/mol. The number of carbonyl (C=O) groups is 1. The van der Waals surface area contributed by atoms with Crippen molar-refractivity contribution in [3.8, 4) is 0 Å². The summed E-state index contributed by atoms with van der Waals surface area (Å²) in [5.41, 5.74) is -0.0283. The monoisotopic (exact) mass is 358 g/mol. The van der Waals surface area contributed by atoms with Crippen LogP contribution in [0.3, 0.4) is 0 Å². The van der Waals surface area contributed by atoms with Crippen molar-refractivity contribution >= 4 is 51.7 Å². The van der Waals surface area contributed by atoms with Crippen molar-refractivity contribution in [3.05, 3.63) is 55.9 Å². The van der Waals surface area contributed by atoms with Gasteiger partial charge in [-0.1, -0.05) is 29.3 Å². The third-order valence-electron chi connectivity index (χ3n) is 3.24. The smallest absolute Gasteiger partial charge is 0.342 e. The van der Waals surface area contributed by atoms with Crippen LogP contribution in [0.5, 0.6) is 0 Å².